The maximum atomic E-state index is 12.1. The van der Waals surface area contributed by atoms with Gasteiger partial charge in [0, 0.05) is 42.4 Å². The third kappa shape index (κ3) is 3.98. The predicted molar refractivity (Wildman–Crippen MR) is 91.9 cm³/mol. The van der Waals surface area contributed by atoms with E-state index in [1.807, 2.05) is 12.1 Å². The van der Waals surface area contributed by atoms with Gasteiger partial charge in [-0.15, -0.1) is 12.4 Å². The number of piperidine rings is 1. The number of hydrogen-bond donors (Lipinski definition) is 1. The number of anilines is 2. The minimum atomic E-state index is -0.108. The Kier molecular flexibility index (Phi) is 5.78. The number of nitrogens with one attached hydrogen (secondary N) is 1. The van der Waals surface area contributed by atoms with Crippen LogP contribution in [-0.2, 0) is 0 Å². The number of carbonyl (C=O) groups is 1. The molecule has 1 N–H and O–H groups in total. The van der Waals surface area contributed by atoms with Crippen molar-refractivity contribution >= 4 is 29.7 Å². The van der Waals surface area contributed by atoms with Crippen LogP contribution >= 0.6 is 12.4 Å². The van der Waals surface area contributed by atoms with Gasteiger partial charge in [-0.25, -0.2) is 0 Å². The molecule has 0 spiro atoms. The Labute approximate surface area is 137 Å². The van der Waals surface area contributed by atoms with Crippen LogP contribution in [0.2, 0.25) is 0 Å². The molecular formula is C17H20ClN3O. The lowest BCUT2D eigenvalue weighted by Crippen LogP contribution is -2.29. The number of benzene rings is 1. The van der Waals surface area contributed by atoms with E-state index in [1.165, 1.54) is 24.9 Å². The molecule has 2 aromatic rings. The molecular weight excluding hydrogens is 298 g/mol. The maximum absolute atomic E-state index is 12.1. The largest absolute Gasteiger partial charge is 0.372 e. The summed E-state index contributed by atoms with van der Waals surface area (Å²) < 4.78 is 0. The molecule has 1 aromatic carbocycles. The Morgan fingerprint density at radius 1 is 0.955 bits per heavy atom. The molecule has 0 unspecified atom stereocenters. The first kappa shape index (κ1) is 16.3. The fraction of sp³-hybridized carbons (Fsp3) is 0.294. The minimum Gasteiger partial charge on any atom is -0.372 e. The van der Waals surface area contributed by atoms with E-state index in [0.717, 1.165) is 18.8 Å². The quantitative estimate of drug-likeness (QED) is 0.937. The van der Waals surface area contributed by atoms with Crippen LogP contribution in [0.3, 0.4) is 0 Å². The van der Waals surface area contributed by atoms with Crippen LogP contribution in [0, 0.1) is 0 Å². The topological polar surface area (TPSA) is 45.2 Å². The standard InChI is InChI=1S/C17H19N3O.ClH/c21-17(14-8-10-18-11-9-14)19-15-4-6-16(7-5-15)20-12-2-1-3-13-20;/h4-11H,1-3,12-13H2,(H,19,21);1H. The van der Waals surface area contributed by atoms with Crippen LogP contribution in [0.5, 0.6) is 0 Å². The summed E-state index contributed by atoms with van der Waals surface area (Å²) in [6.07, 6.45) is 7.10. The van der Waals surface area contributed by atoms with E-state index in [-0.39, 0.29) is 18.3 Å². The van der Waals surface area contributed by atoms with Crippen molar-refractivity contribution in [3.63, 3.8) is 0 Å². The molecule has 1 fully saturated rings. The minimum absolute atomic E-state index is 0. The molecule has 0 bridgehead atoms. The first-order valence-electron chi connectivity index (χ1n) is 7.39. The number of aromatic nitrogens is 1. The zero-order chi connectivity index (χ0) is 14.5. The summed E-state index contributed by atoms with van der Waals surface area (Å²) in [6, 6.07) is 11.5. The van der Waals surface area contributed by atoms with Crippen LogP contribution in [0.1, 0.15) is 29.6 Å². The Morgan fingerprint density at radius 2 is 1.59 bits per heavy atom. The van der Waals surface area contributed by atoms with Gasteiger partial charge in [0.2, 0.25) is 0 Å². The second kappa shape index (κ2) is 7.80. The van der Waals surface area contributed by atoms with Crippen LogP contribution in [0.15, 0.2) is 48.8 Å². The fourth-order valence-corrected chi connectivity index (χ4v) is 2.61. The molecule has 1 saturated heterocycles. The number of nitrogens with zero attached hydrogens (tertiary/aromatic N) is 2. The van der Waals surface area contributed by atoms with Crippen molar-refractivity contribution < 1.29 is 4.79 Å². The van der Waals surface area contributed by atoms with Crippen LogP contribution in [0.25, 0.3) is 0 Å². The zero-order valence-corrected chi connectivity index (χ0v) is 13.2. The van der Waals surface area contributed by atoms with Crippen molar-refractivity contribution in [1.29, 1.82) is 0 Å². The van der Waals surface area contributed by atoms with Gasteiger partial charge in [0.05, 0.1) is 0 Å². The molecule has 1 amide bonds. The molecule has 5 heteroatoms. The van der Waals surface area contributed by atoms with Gasteiger partial charge in [-0.05, 0) is 55.7 Å². The molecule has 22 heavy (non-hydrogen) atoms. The van der Waals surface area contributed by atoms with Crippen LogP contribution < -0.4 is 10.2 Å². The average Bonchev–Trinajstić information content (AvgIpc) is 2.57. The van der Waals surface area contributed by atoms with Crippen molar-refractivity contribution in [2.45, 2.75) is 19.3 Å². The Bertz CT molecular complexity index is 595. The summed E-state index contributed by atoms with van der Waals surface area (Å²) in [4.78, 5) is 18.4. The van der Waals surface area contributed by atoms with E-state index in [2.05, 4.69) is 27.3 Å². The second-order valence-corrected chi connectivity index (χ2v) is 5.28. The van der Waals surface area contributed by atoms with Gasteiger partial charge in [0.15, 0.2) is 0 Å². The first-order valence-corrected chi connectivity index (χ1v) is 7.39. The van der Waals surface area contributed by atoms with Gasteiger partial charge in [0.25, 0.3) is 5.91 Å². The molecule has 0 atom stereocenters. The van der Waals surface area contributed by atoms with Crippen molar-refractivity contribution in [3.05, 3.63) is 54.4 Å². The third-order valence-electron chi connectivity index (χ3n) is 3.79. The van der Waals surface area contributed by atoms with Crippen LogP contribution in [-0.4, -0.2) is 24.0 Å². The molecule has 0 saturated carbocycles. The normalized spacial score (nSPS) is 14.1. The summed E-state index contributed by atoms with van der Waals surface area (Å²) in [5, 5.41) is 2.90. The highest BCUT2D eigenvalue weighted by Crippen LogP contribution is 2.22. The SMILES string of the molecule is Cl.O=C(Nc1ccc(N2CCCCC2)cc1)c1ccncc1. The number of amides is 1. The molecule has 2 heterocycles. The summed E-state index contributed by atoms with van der Waals surface area (Å²) in [7, 11) is 0. The molecule has 1 aromatic heterocycles. The van der Waals surface area contributed by atoms with Gasteiger partial charge in [-0.3, -0.25) is 9.78 Å². The highest BCUT2D eigenvalue weighted by Gasteiger charge is 2.11. The Morgan fingerprint density at radius 3 is 2.23 bits per heavy atom. The number of pyridine rings is 1. The third-order valence-corrected chi connectivity index (χ3v) is 3.79. The molecule has 1 aliphatic rings. The zero-order valence-electron chi connectivity index (χ0n) is 12.4. The van der Waals surface area contributed by atoms with E-state index in [0.29, 0.717) is 5.56 Å². The summed E-state index contributed by atoms with van der Waals surface area (Å²) in [5.74, 6) is -0.108. The molecule has 4 nitrogen and oxygen atoms in total. The van der Waals surface area contributed by atoms with Crippen molar-refractivity contribution in [3.8, 4) is 0 Å². The van der Waals surface area contributed by atoms with Gasteiger partial charge in [-0.2, -0.15) is 0 Å². The van der Waals surface area contributed by atoms with E-state index in [9.17, 15) is 4.79 Å². The number of hydrogen-bond acceptors (Lipinski definition) is 3. The number of halogens is 1. The van der Waals surface area contributed by atoms with Gasteiger partial charge >= 0.3 is 0 Å². The van der Waals surface area contributed by atoms with Gasteiger partial charge in [-0.1, -0.05) is 0 Å². The Balaban J connectivity index is 0.00000176. The van der Waals surface area contributed by atoms with Crippen LogP contribution in [0.4, 0.5) is 11.4 Å². The van der Waals surface area contributed by atoms with Crippen molar-refractivity contribution in [1.82, 2.24) is 4.98 Å². The summed E-state index contributed by atoms with van der Waals surface area (Å²) >= 11 is 0. The van der Waals surface area contributed by atoms with Gasteiger partial charge in [0.1, 0.15) is 0 Å². The maximum Gasteiger partial charge on any atom is 0.255 e. The molecule has 0 radical (unpaired) electrons. The second-order valence-electron chi connectivity index (χ2n) is 5.28. The molecule has 3 rings (SSSR count). The summed E-state index contributed by atoms with van der Waals surface area (Å²) in [6.45, 7) is 2.26. The molecule has 1 aliphatic heterocycles. The van der Waals surface area contributed by atoms with E-state index in [1.54, 1.807) is 24.5 Å². The molecule has 0 aliphatic carbocycles. The van der Waals surface area contributed by atoms with E-state index in [4.69, 9.17) is 0 Å². The van der Waals surface area contributed by atoms with E-state index < -0.39 is 0 Å². The lowest BCUT2D eigenvalue weighted by atomic mass is 10.1. The van der Waals surface area contributed by atoms with Crippen molar-refractivity contribution in [2.75, 3.05) is 23.3 Å². The predicted octanol–water partition coefficient (Wildman–Crippen LogP) is 3.75. The average molecular weight is 318 g/mol. The number of carbonyl (C=O) groups excluding carboxylic acids is 1. The monoisotopic (exact) mass is 317 g/mol. The fourth-order valence-electron chi connectivity index (χ4n) is 2.61. The highest BCUT2D eigenvalue weighted by atomic mass is 35.5. The smallest absolute Gasteiger partial charge is 0.255 e. The highest BCUT2D eigenvalue weighted by molar-refractivity contribution is 6.04. The first-order chi connectivity index (χ1) is 10.3. The Hall–Kier alpha value is -2.07. The molecule has 116 valence electrons. The van der Waals surface area contributed by atoms with E-state index >= 15 is 0 Å². The lowest BCUT2D eigenvalue weighted by molar-refractivity contribution is 0.102. The number of rotatable bonds is 3. The van der Waals surface area contributed by atoms with Crippen molar-refractivity contribution in [2.24, 2.45) is 0 Å². The van der Waals surface area contributed by atoms with Gasteiger partial charge < -0.3 is 10.2 Å². The summed E-state index contributed by atoms with van der Waals surface area (Å²) in [5.41, 5.74) is 2.67. The lowest BCUT2D eigenvalue weighted by Gasteiger charge is -2.28.